The van der Waals surface area contributed by atoms with Gasteiger partial charge in [0.2, 0.25) is 17.7 Å². The van der Waals surface area contributed by atoms with Crippen LogP contribution < -0.4 is 16.0 Å². The van der Waals surface area contributed by atoms with Crippen molar-refractivity contribution in [1.82, 2.24) is 16.0 Å². The largest absolute Gasteiger partial charge is 0.394 e. The first kappa shape index (κ1) is 13.4. The lowest BCUT2D eigenvalue weighted by Crippen LogP contribution is -2.50. The van der Waals surface area contributed by atoms with Crippen molar-refractivity contribution in [2.24, 2.45) is 0 Å². The minimum atomic E-state index is -0.990. The summed E-state index contributed by atoms with van der Waals surface area (Å²) in [6.07, 6.45) is 0. The summed E-state index contributed by atoms with van der Waals surface area (Å²) in [5.74, 6) is -1.37. The van der Waals surface area contributed by atoms with Gasteiger partial charge in [0.15, 0.2) is 0 Å². The van der Waals surface area contributed by atoms with Crippen LogP contribution in [0.15, 0.2) is 0 Å². The number of likely N-dealkylation sites (N-methyl/N-ethyl adjacent to an activating group) is 1. The number of carbonyl (C=O) groups is 3. The van der Waals surface area contributed by atoms with Crippen LogP contribution in [0.25, 0.3) is 0 Å². The van der Waals surface area contributed by atoms with Crippen LogP contribution in [0.1, 0.15) is 6.92 Å². The van der Waals surface area contributed by atoms with E-state index in [0.29, 0.717) is 0 Å². The van der Waals surface area contributed by atoms with E-state index in [2.05, 4.69) is 16.0 Å². The molecule has 86 valence electrons. The van der Waals surface area contributed by atoms with Gasteiger partial charge in [-0.3, -0.25) is 14.4 Å². The van der Waals surface area contributed by atoms with E-state index in [1.165, 1.54) is 14.0 Å². The molecule has 7 nitrogen and oxygen atoms in total. The highest BCUT2D eigenvalue weighted by Gasteiger charge is 2.18. The molecule has 0 rings (SSSR count). The summed E-state index contributed by atoms with van der Waals surface area (Å²) in [5, 5.41) is 15.6. The molecule has 1 atom stereocenters. The zero-order valence-corrected chi connectivity index (χ0v) is 8.66. The third-order valence-corrected chi connectivity index (χ3v) is 1.58. The Morgan fingerprint density at radius 1 is 1.33 bits per heavy atom. The van der Waals surface area contributed by atoms with Gasteiger partial charge in [-0.25, -0.2) is 0 Å². The molecule has 0 aliphatic rings. The first-order chi connectivity index (χ1) is 7.01. The van der Waals surface area contributed by atoms with E-state index in [1.54, 1.807) is 0 Å². The maximum atomic E-state index is 11.1. The van der Waals surface area contributed by atoms with E-state index in [4.69, 9.17) is 5.11 Å². The normalized spacial score (nSPS) is 11.4. The fourth-order valence-corrected chi connectivity index (χ4v) is 0.818. The number of carbonyl (C=O) groups excluding carboxylic acids is 3. The van der Waals surface area contributed by atoms with Gasteiger partial charge < -0.3 is 21.1 Å². The van der Waals surface area contributed by atoms with E-state index in [0.717, 1.165) is 0 Å². The van der Waals surface area contributed by atoms with Crippen molar-refractivity contribution in [2.75, 3.05) is 20.2 Å². The van der Waals surface area contributed by atoms with Gasteiger partial charge in [0.05, 0.1) is 13.2 Å². The molecule has 0 aliphatic heterocycles. The highest BCUT2D eigenvalue weighted by Crippen LogP contribution is 1.82. The van der Waals surface area contributed by atoms with Crippen molar-refractivity contribution in [1.29, 1.82) is 0 Å². The molecule has 0 spiro atoms. The molecule has 0 saturated heterocycles. The summed E-state index contributed by atoms with van der Waals surface area (Å²) in [6, 6.07) is -0.990. The van der Waals surface area contributed by atoms with Gasteiger partial charge in [-0.2, -0.15) is 0 Å². The van der Waals surface area contributed by atoms with Crippen molar-refractivity contribution in [3.63, 3.8) is 0 Å². The smallest absolute Gasteiger partial charge is 0.244 e. The van der Waals surface area contributed by atoms with E-state index in [1.807, 2.05) is 0 Å². The van der Waals surface area contributed by atoms with Gasteiger partial charge in [0, 0.05) is 14.0 Å². The highest BCUT2D eigenvalue weighted by atomic mass is 16.3. The number of rotatable bonds is 5. The Morgan fingerprint density at radius 2 is 1.93 bits per heavy atom. The summed E-state index contributed by atoms with van der Waals surface area (Å²) in [4.78, 5) is 32.6. The maximum Gasteiger partial charge on any atom is 0.244 e. The van der Waals surface area contributed by atoms with Crippen LogP contribution in [0.3, 0.4) is 0 Å². The monoisotopic (exact) mass is 217 g/mol. The Bertz CT molecular complexity index is 254. The average molecular weight is 217 g/mol. The fraction of sp³-hybridized carbons (Fsp3) is 0.625. The first-order valence-electron chi connectivity index (χ1n) is 4.37. The molecule has 0 aromatic rings. The minimum absolute atomic E-state index is 0.219. The van der Waals surface area contributed by atoms with Crippen LogP contribution in [0.2, 0.25) is 0 Å². The second-order valence-corrected chi connectivity index (χ2v) is 2.83. The minimum Gasteiger partial charge on any atom is -0.394 e. The standard InChI is InChI=1S/C8H15N3O4/c1-5(13)10-3-7(14)11-6(4-12)8(15)9-2/h6,12H,3-4H2,1-2H3,(H,9,15)(H,10,13)(H,11,14)/t6-/m0/s1. The summed E-state index contributed by atoms with van der Waals surface area (Å²) < 4.78 is 0. The quantitative estimate of drug-likeness (QED) is 0.403. The Labute approximate surface area is 87.2 Å². The third kappa shape index (κ3) is 5.63. The Kier molecular flexibility index (Phi) is 6.03. The average Bonchev–Trinajstić information content (AvgIpc) is 2.21. The molecule has 0 heterocycles. The van der Waals surface area contributed by atoms with Gasteiger partial charge >= 0.3 is 0 Å². The molecule has 3 amide bonds. The molecule has 0 aromatic heterocycles. The third-order valence-electron chi connectivity index (χ3n) is 1.58. The number of hydrogen-bond donors (Lipinski definition) is 4. The first-order valence-corrected chi connectivity index (χ1v) is 4.37. The summed E-state index contributed by atoms with van der Waals surface area (Å²) in [6.45, 7) is 0.559. The SMILES string of the molecule is CNC(=O)[C@H](CO)NC(=O)CNC(C)=O. The molecule has 0 aliphatic carbocycles. The lowest BCUT2D eigenvalue weighted by molar-refractivity contribution is -0.130. The Morgan fingerprint density at radius 3 is 2.33 bits per heavy atom. The van der Waals surface area contributed by atoms with Crippen LogP contribution >= 0.6 is 0 Å². The van der Waals surface area contributed by atoms with E-state index in [9.17, 15) is 14.4 Å². The topological polar surface area (TPSA) is 108 Å². The second kappa shape index (κ2) is 6.77. The summed E-state index contributed by atoms with van der Waals surface area (Å²) in [7, 11) is 1.39. The van der Waals surface area contributed by atoms with Crippen LogP contribution in [0.5, 0.6) is 0 Å². The van der Waals surface area contributed by atoms with Crippen LogP contribution in [0.4, 0.5) is 0 Å². The van der Waals surface area contributed by atoms with Gasteiger partial charge in [0.25, 0.3) is 0 Å². The van der Waals surface area contributed by atoms with Crippen molar-refractivity contribution in [3.05, 3.63) is 0 Å². The van der Waals surface area contributed by atoms with Gasteiger partial charge in [-0.1, -0.05) is 0 Å². The van der Waals surface area contributed by atoms with Crippen molar-refractivity contribution < 1.29 is 19.5 Å². The van der Waals surface area contributed by atoms with Gasteiger partial charge in [-0.15, -0.1) is 0 Å². The highest BCUT2D eigenvalue weighted by molar-refractivity contribution is 5.89. The van der Waals surface area contributed by atoms with Crippen molar-refractivity contribution in [2.45, 2.75) is 13.0 Å². The van der Waals surface area contributed by atoms with Crippen molar-refractivity contribution in [3.8, 4) is 0 Å². The lowest BCUT2D eigenvalue weighted by Gasteiger charge is -2.14. The number of nitrogens with one attached hydrogen (secondary N) is 3. The molecular weight excluding hydrogens is 202 g/mol. The fourth-order valence-electron chi connectivity index (χ4n) is 0.818. The summed E-state index contributed by atoms with van der Waals surface area (Å²) >= 11 is 0. The predicted molar refractivity (Wildman–Crippen MR) is 51.8 cm³/mol. The van der Waals surface area contributed by atoms with E-state index >= 15 is 0 Å². The Hall–Kier alpha value is -1.63. The zero-order valence-electron chi connectivity index (χ0n) is 8.66. The molecule has 15 heavy (non-hydrogen) atoms. The van der Waals surface area contributed by atoms with Crippen molar-refractivity contribution >= 4 is 17.7 Å². The molecule has 0 fully saturated rings. The molecule has 4 N–H and O–H groups in total. The van der Waals surface area contributed by atoms with Gasteiger partial charge in [0.1, 0.15) is 6.04 Å². The molecule has 0 unspecified atom stereocenters. The molecule has 0 saturated carbocycles. The molecule has 0 bridgehead atoms. The molecular formula is C8H15N3O4. The molecule has 0 radical (unpaired) electrons. The maximum absolute atomic E-state index is 11.1. The molecule has 0 aromatic carbocycles. The second-order valence-electron chi connectivity index (χ2n) is 2.83. The predicted octanol–water partition coefficient (Wildman–Crippen LogP) is -2.65. The Balaban J connectivity index is 4.01. The summed E-state index contributed by atoms with van der Waals surface area (Å²) in [5.41, 5.74) is 0. The van der Waals surface area contributed by atoms with E-state index < -0.39 is 24.5 Å². The number of aliphatic hydroxyl groups is 1. The zero-order chi connectivity index (χ0) is 11.8. The number of amides is 3. The van der Waals surface area contributed by atoms with Crippen LogP contribution in [-0.4, -0.2) is 49.1 Å². The molecule has 7 heteroatoms. The number of hydrogen-bond acceptors (Lipinski definition) is 4. The van der Waals surface area contributed by atoms with Gasteiger partial charge in [-0.05, 0) is 0 Å². The lowest BCUT2D eigenvalue weighted by atomic mass is 10.3. The van der Waals surface area contributed by atoms with Crippen LogP contribution in [-0.2, 0) is 14.4 Å². The number of aliphatic hydroxyl groups excluding tert-OH is 1. The van der Waals surface area contributed by atoms with E-state index in [-0.39, 0.29) is 12.5 Å². The van der Waals surface area contributed by atoms with Crippen LogP contribution in [0, 0.1) is 0 Å².